The van der Waals surface area contributed by atoms with E-state index in [0.717, 1.165) is 16.8 Å². The van der Waals surface area contributed by atoms with Crippen molar-refractivity contribution in [2.24, 2.45) is 0 Å². The van der Waals surface area contributed by atoms with Crippen LogP contribution in [0.1, 0.15) is 19.4 Å². The van der Waals surface area contributed by atoms with Gasteiger partial charge >= 0.3 is 0 Å². The van der Waals surface area contributed by atoms with E-state index in [9.17, 15) is 0 Å². The Morgan fingerprint density at radius 2 is 2.25 bits per heavy atom. The summed E-state index contributed by atoms with van der Waals surface area (Å²) in [6.45, 7) is 5.11. The van der Waals surface area contributed by atoms with Gasteiger partial charge in [0.15, 0.2) is 0 Å². The lowest BCUT2D eigenvalue weighted by Crippen LogP contribution is -2.28. The largest absolute Gasteiger partial charge is 0.395 e. The van der Waals surface area contributed by atoms with E-state index in [2.05, 4.69) is 46.4 Å². The highest BCUT2D eigenvalue weighted by molar-refractivity contribution is 9.10. The number of rotatable bonds is 6. The van der Waals surface area contributed by atoms with Gasteiger partial charge in [-0.15, -0.1) is 11.8 Å². The van der Waals surface area contributed by atoms with Crippen molar-refractivity contribution >= 4 is 27.7 Å². The lowest BCUT2D eigenvalue weighted by Gasteiger charge is -2.13. The summed E-state index contributed by atoms with van der Waals surface area (Å²) in [5, 5.41) is 12.2. The van der Waals surface area contributed by atoms with Crippen molar-refractivity contribution in [3.63, 3.8) is 0 Å². The lowest BCUT2D eigenvalue weighted by atomic mass is 10.2. The maximum absolute atomic E-state index is 8.95. The Hall–Kier alpha value is -0.0300. The zero-order valence-electron chi connectivity index (χ0n) is 9.66. The Balaban J connectivity index is 2.70. The number of hydrogen-bond acceptors (Lipinski definition) is 3. The van der Waals surface area contributed by atoms with E-state index in [1.807, 2.05) is 18.7 Å². The number of hydrogen-bond donors (Lipinski definition) is 2. The second-order valence-corrected chi connectivity index (χ2v) is 5.87. The first-order chi connectivity index (χ1) is 7.67. The minimum Gasteiger partial charge on any atom is -0.395 e. The molecule has 0 aliphatic heterocycles. The molecule has 0 saturated heterocycles. The number of aliphatic hydroxyl groups excluding tert-OH is 1. The molecule has 1 aromatic carbocycles. The van der Waals surface area contributed by atoms with E-state index in [-0.39, 0.29) is 12.6 Å². The van der Waals surface area contributed by atoms with Crippen LogP contribution in [0.25, 0.3) is 0 Å². The van der Waals surface area contributed by atoms with E-state index in [4.69, 9.17) is 5.11 Å². The molecule has 0 aliphatic rings. The topological polar surface area (TPSA) is 32.3 Å². The van der Waals surface area contributed by atoms with Crippen LogP contribution in [0.4, 0.5) is 0 Å². The number of nitrogens with one attached hydrogen (secondary N) is 1. The van der Waals surface area contributed by atoms with Crippen LogP contribution in [0.5, 0.6) is 0 Å². The zero-order chi connectivity index (χ0) is 12.0. The van der Waals surface area contributed by atoms with Crippen molar-refractivity contribution in [2.75, 3.05) is 12.4 Å². The number of aliphatic hydroxyl groups is 1. The number of benzene rings is 1. The molecule has 1 unspecified atom stereocenters. The van der Waals surface area contributed by atoms with Crippen molar-refractivity contribution in [3.8, 4) is 0 Å². The van der Waals surface area contributed by atoms with Gasteiger partial charge in [0.2, 0.25) is 0 Å². The Morgan fingerprint density at radius 3 is 2.88 bits per heavy atom. The predicted molar refractivity (Wildman–Crippen MR) is 73.9 cm³/mol. The van der Waals surface area contributed by atoms with Crippen LogP contribution >= 0.6 is 27.7 Å². The first kappa shape index (κ1) is 14.0. The van der Waals surface area contributed by atoms with Gasteiger partial charge in [0.25, 0.3) is 0 Å². The Labute approximate surface area is 110 Å². The quantitative estimate of drug-likeness (QED) is 0.792. The Bertz CT molecular complexity index is 333. The van der Waals surface area contributed by atoms with Crippen molar-refractivity contribution in [1.29, 1.82) is 0 Å². The first-order valence-electron chi connectivity index (χ1n) is 5.42. The fourth-order valence-corrected chi connectivity index (χ4v) is 2.67. The minimum atomic E-state index is 0.142. The highest BCUT2D eigenvalue weighted by atomic mass is 79.9. The van der Waals surface area contributed by atoms with E-state index >= 15 is 0 Å². The fraction of sp³-hybridized carbons (Fsp3) is 0.500. The van der Waals surface area contributed by atoms with Crippen LogP contribution in [0.15, 0.2) is 27.6 Å². The first-order valence-corrected chi connectivity index (χ1v) is 7.20. The number of thioether (sulfide) groups is 1. The average molecular weight is 304 g/mol. The van der Waals surface area contributed by atoms with Gasteiger partial charge in [0.1, 0.15) is 0 Å². The second-order valence-electron chi connectivity index (χ2n) is 3.65. The van der Waals surface area contributed by atoms with E-state index in [0.29, 0.717) is 0 Å². The van der Waals surface area contributed by atoms with Crippen molar-refractivity contribution in [3.05, 3.63) is 28.2 Å². The smallest absolute Gasteiger partial charge is 0.0582 e. The van der Waals surface area contributed by atoms with Gasteiger partial charge < -0.3 is 10.4 Å². The van der Waals surface area contributed by atoms with Gasteiger partial charge in [-0.3, -0.25) is 0 Å². The highest BCUT2D eigenvalue weighted by Crippen LogP contribution is 2.26. The van der Waals surface area contributed by atoms with E-state index < -0.39 is 0 Å². The molecule has 0 amide bonds. The van der Waals surface area contributed by atoms with Gasteiger partial charge in [-0.2, -0.15) is 0 Å². The highest BCUT2D eigenvalue weighted by Gasteiger charge is 2.05. The van der Waals surface area contributed by atoms with Crippen molar-refractivity contribution < 1.29 is 5.11 Å². The fourth-order valence-electron chi connectivity index (χ4n) is 1.31. The normalized spacial score (nSPS) is 12.8. The molecule has 0 aromatic heterocycles. The molecule has 0 saturated carbocycles. The summed E-state index contributed by atoms with van der Waals surface area (Å²) in [6.07, 6.45) is 0. The zero-order valence-corrected chi connectivity index (χ0v) is 12.1. The average Bonchev–Trinajstić information content (AvgIpc) is 2.28. The molecule has 1 aromatic rings. The van der Waals surface area contributed by atoms with Crippen LogP contribution in [0.2, 0.25) is 0 Å². The summed E-state index contributed by atoms with van der Waals surface area (Å²) in [4.78, 5) is 1.30. The third-order valence-electron chi connectivity index (χ3n) is 2.24. The molecule has 2 nitrogen and oxygen atoms in total. The van der Waals surface area contributed by atoms with Crippen LogP contribution in [0, 0.1) is 0 Å². The van der Waals surface area contributed by atoms with Crippen molar-refractivity contribution in [2.45, 2.75) is 31.3 Å². The standard InChI is InChI=1S/C12H18BrNOS/c1-3-16-12-6-11(13)5-4-10(12)7-14-9(2)8-15/h4-6,9,14-15H,3,7-8H2,1-2H3. The molecule has 16 heavy (non-hydrogen) atoms. The lowest BCUT2D eigenvalue weighted by molar-refractivity contribution is 0.251. The maximum Gasteiger partial charge on any atom is 0.0582 e. The van der Waals surface area contributed by atoms with E-state index in [1.54, 1.807) is 0 Å². The molecule has 0 fully saturated rings. The molecule has 1 rings (SSSR count). The maximum atomic E-state index is 8.95. The minimum absolute atomic E-state index is 0.142. The molecule has 90 valence electrons. The van der Waals surface area contributed by atoms with Crippen LogP contribution in [-0.2, 0) is 6.54 Å². The molecular formula is C12H18BrNOS. The van der Waals surface area contributed by atoms with Gasteiger partial charge in [-0.25, -0.2) is 0 Å². The molecule has 1 atom stereocenters. The van der Waals surface area contributed by atoms with Crippen LogP contribution in [0.3, 0.4) is 0 Å². The SMILES string of the molecule is CCSc1cc(Br)ccc1CNC(C)CO. The summed E-state index contributed by atoms with van der Waals surface area (Å²) in [7, 11) is 0. The molecule has 2 N–H and O–H groups in total. The molecular weight excluding hydrogens is 286 g/mol. The summed E-state index contributed by atoms with van der Waals surface area (Å²) >= 11 is 5.33. The molecule has 0 aliphatic carbocycles. The van der Waals surface area contributed by atoms with Gasteiger partial charge in [-0.05, 0) is 30.4 Å². The summed E-state index contributed by atoms with van der Waals surface area (Å²) in [5.74, 6) is 1.07. The Kier molecular flexibility index (Phi) is 6.43. The summed E-state index contributed by atoms with van der Waals surface area (Å²) in [6, 6.07) is 6.47. The third kappa shape index (κ3) is 4.45. The summed E-state index contributed by atoms with van der Waals surface area (Å²) < 4.78 is 1.11. The van der Waals surface area contributed by atoms with E-state index in [1.165, 1.54) is 10.5 Å². The third-order valence-corrected chi connectivity index (χ3v) is 3.72. The molecule has 0 bridgehead atoms. The summed E-state index contributed by atoms with van der Waals surface area (Å²) in [5.41, 5.74) is 1.29. The second kappa shape index (κ2) is 7.33. The molecule has 4 heteroatoms. The predicted octanol–water partition coefficient (Wildman–Crippen LogP) is 3.03. The molecule has 0 heterocycles. The van der Waals surface area contributed by atoms with Crippen molar-refractivity contribution in [1.82, 2.24) is 5.32 Å². The van der Waals surface area contributed by atoms with Crippen LogP contribution < -0.4 is 5.32 Å². The Morgan fingerprint density at radius 1 is 1.50 bits per heavy atom. The molecule has 0 spiro atoms. The van der Waals surface area contributed by atoms with Gasteiger partial charge in [0, 0.05) is 22.0 Å². The number of halogens is 1. The van der Waals surface area contributed by atoms with Gasteiger partial charge in [-0.1, -0.05) is 28.9 Å². The monoisotopic (exact) mass is 303 g/mol. The van der Waals surface area contributed by atoms with Gasteiger partial charge in [0.05, 0.1) is 6.61 Å². The molecule has 0 radical (unpaired) electrons. The van der Waals surface area contributed by atoms with Crippen LogP contribution in [-0.4, -0.2) is 23.5 Å².